The van der Waals surface area contributed by atoms with Crippen molar-refractivity contribution >= 4 is 11.9 Å². The van der Waals surface area contributed by atoms with E-state index in [9.17, 15) is 4.79 Å². The highest BCUT2D eigenvalue weighted by molar-refractivity contribution is 5.95. The lowest BCUT2D eigenvalue weighted by atomic mass is 9.94. The van der Waals surface area contributed by atoms with Gasteiger partial charge in [-0.2, -0.15) is 0 Å². The van der Waals surface area contributed by atoms with E-state index in [1.807, 2.05) is 55.9 Å². The molecule has 0 bridgehead atoms. The summed E-state index contributed by atoms with van der Waals surface area (Å²) in [6.45, 7) is 4.55. The Kier molecular flexibility index (Phi) is 6.12. The van der Waals surface area contributed by atoms with Crippen LogP contribution in [-0.2, 0) is 0 Å². The predicted molar refractivity (Wildman–Crippen MR) is 122 cm³/mol. The van der Waals surface area contributed by atoms with Crippen molar-refractivity contribution in [3.8, 4) is 17.1 Å². The highest BCUT2D eigenvalue weighted by Gasteiger charge is 2.33. The average molecular weight is 436 g/mol. The summed E-state index contributed by atoms with van der Waals surface area (Å²) in [6, 6.07) is 7.09. The first-order chi connectivity index (χ1) is 15.4. The van der Waals surface area contributed by atoms with Crippen LogP contribution in [0.15, 0.2) is 35.0 Å². The number of amides is 1. The fourth-order valence-electron chi connectivity index (χ4n) is 4.08. The minimum Gasteiger partial charge on any atom is -0.497 e. The number of carbonyl (C=O) groups is 1. The quantitative estimate of drug-likeness (QED) is 0.594. The molecule has 1 aliphatic rings. The second kappa shape index (κ2) is 8.98. The average Bonchev–Trinajstić information content (AvgIpc) is 3.16. The Morgan fingerprint density at radius 1 is 1.25 bits per heavy atom. The third-order valence-electron chi connectivity index (χ3n) is 6.00. The lowest BCUT2D eigenvalue weighted by Crippen LogP contribution is -2.39. The van der Waals surface area contributed by atoms with E-state index in [0.29, 0.717) is 29.6 Å². The van der Waals surface area contributed by atoms with Crippen LogP contribution in [0.5, 0.6) is 5.75 Å². The maximum Gasteiger partial charge on any atom is 0.254 e. The van der Waals surface area contributed by atoms with Crippen LogP contribution >= 0.6 is 0 Å². The normalized spacial score (nSPS) is 16.2. The lowest BCUT2D eigenvalue weighted by molar-refractivity contribution is 0.0606. The van der Waals surface area contributed by atoms with Crippen LogP contribution in [0, 0.1) is 13.8 Å². The number of hydrogen-bond acceptors (Lipinski definition) is 7. The Hall–Kier alpha value is -3.42. The molecule has 3 aromatic rings. The molecule has 1 amide bonds. The summed E-state index contributed by atoms with van der Waals surface area (Å²) in [6.07, 6.45) is 4.57. The zero-order valence-corrected chi connectivity index (χ0v) is 19.3. The topological polar surface area (TPSA) is 84.6 Å². The number of likely N-dealkylation sites (tertiary alicyclic amines) is 1. The van der Waals surface area contributed by atoms with Gasteiger partial charge in [-0.15, -0.1) is 0 Å². The number of aromatic nitrogens is 3. The molecule has 168 valence electrons. The van der Waals surface area contributed by atoms with Gasteiger partial charge in [-0.25, -0.2) is 9.97 Å². The second-order valence-electron chi connectivity index (χ2n) is 8.33. The molecule has 0 radical (unpaired) electrons. The van der Waals surface area contributed by atoms with Crippen LogP contribution in [0.4, 0.5) is 5.95 Å². The molecule has 2 aromatic heterocycles. The summed E-state index contributed by atoms with van der Waals surface area (Å²) < 4.78 is 11.0. The Morgan fingerprint density at radius 3 is 2.75 bits per heavy atom. The molecular weight excluding hydrogens is 406 g/mol. The fraction of sp³-hybridized carbons (Fsp3) is 0.417. The molecule has 8 heteroatoms. The van der Waals surface area contributed by atoms with Gasteiger partial charge in [0.1, 0.15) is 5.75 Å². The van der Waals surface area contributed by atoms with Gasteiger partial charge in [0.05, 0.1) is 30.1 Å². The molecule has 4 rings (SSSR count). The summed E-state index contributed by atoms with van der Waals surface area (Å²) in [5, 5.41) is 4.12. The molecule has 0 saturated carbocycles. The van der Waals surface area contributed by atoms with E-state index in [2.05, 4.69) is 10.1 Å². The molecular formula is C24H29N5O3. The van der Waals surface area contributed by atoms with Crippen molar-refractivity contribution in [2.75, 3.05) is 32.6 Å². The van der Waals surface area contributed by atoms with E-state index < -0.39 is 0 Å². The first-order valence-electron chi connectivity index (χ1n) is 10.8. The molecule has 1 fully saturated rings. The number of hydrogen-bond donors (Lipinski definition) is 0. The Morgan fingerprint density at radius 2 is 2.06 bits per heavy atom. The minimum atomic E-state index is -0.191. The highest BCUT2D eigenvalue weighted by Crippen LogP contribution is 2.38. The first-order valence-corrected chi connectivity index (χ1v) is 10.8. The smallest absolute Gasteiger partial charge is 0.254 e. The van der Waals surface area contributed by atoms with Gasteiger partial charge in [-0.3, -0.25) is 4.79 Å². The second-order valence-corrected chi connectivity index (χ2v) is 8.33. The van der Waals surface area contributed by atoms with Gasteiger partial charge in [-0.05, 0) is 51.3 Å². The number of anilines is 1. The molecule has 32 heavy (non-hydrogen) atoms. The van der Waals surface area contributed by atoms with Gasteiger partial charge in [0, 0.05) is 38.0 Å². The number of ether oxygens (including phenoxy) is 1. The van der Waals surface area contributed by atoms with Crippen molar-refractivity contribution in [2.45, 2.75) is 39.2 Å². The SMILES string of the molecule is COc1cccc(C(=O)N2CCCC[C@H]2c2nc(N(C)C)ncc2-c2onc(C)c2C)c1. The van der Waals surface area contributed by atoms with Crippen molar-refractivity contribution < 1.29 is 14.1 Å². The summed E-state index contributed by atoms with van der Waals surface area (Å²) >= 11 is 0. The largest absolute Gasteiger partial charge is 0.497 e. The molecule has 3 heterocycles. The third kappa shape index (κ3) is 4.04. The van der Waals surface area contributed by atoms with Gasteiger partial charge in [-0.1, -0.05) is 11.2 Å². The number of benzene rings is 1. The van der Waals surface area contributed by atoms with Crippen LogP contribution in [0.1, 0.15) is 52.6 Å². The maximum absolute atomic E-state index is 13.6. The monoisotopic (exact) mass is 435 g/mol. The van der Waals surface area contributed by atoms with Gasteiger partial charge in [0.2, 0.25) is 5.95 Å². The standard InChI is InChI=1S/C24H29N5O3/c1-15-16(2)27-32-22(15)19-14-25-24(28(3)4)26-21(19)20-11-6-7-12-29(20)23(30)17-9-8-10-18(13-17)31-5/h8-10,13-14,20H,6-7,11-12H2,1-5H3/t20-/m0/s1. The van der Waals surface area contributed by atoms with Crippen LogP contribution < -0.4 is 9.64 Å². The number of nitrogens with zero attached hydrogens (tertiary/aromatic N) is 5. The molecule has 0 unspecified atom stereocenters. The zero-order chi connectivity index (χ0) is 22.8. The molecule has 8 nitrogen and oxygen atoms in total. The summed E-state index contributed by atoms with van der Waals surface area (Å²) in [5.74, 6) is 1.88. The van der Waals surface area contributed by atoms with Crippen molar-refractivity contribution in [3.05, 3.63) is 53.0 Å². The number of methoxy groups -OCH3 is 1. The number of piperidine rings is 1. The Balaban J connectivity index is 1.81. The van der Waals surface area contributed by atoms with Crippen molar-refractivity contribution in [1.29, 1.82) is 0 Å². The number of carbonyl (C=O) groups excluding carboxylic acids is 1. The van der Waals surface area contributed by atoms with Crippen LogP contribution in [0.2, 0.25) is 0 Å². The molecule has 0 spiro atoms. The minimum absolute atomic E-state index is 0.0324. The maximum atomic E-state index is 13.6. The highest BCUT2D eigenvalue weighted by atomic mass is 16.5. The van der Waals surface area contributed by atoms with Gasteiger partial charge in [0.15, 0.2) is 5.76 Å². The summed E-state index contributed by atoms with van der Waals surface area (Å²) in [4.78, 5) is 26.8. The molecule has 1 aromatic carbocycles. The molecule has 0 N–H and O–H groups in total. The predicted octanol–water partition coefficient (Wildman–Crippen LogP) is 4.19. The van der Waals surface area contributed by atoms with E-state index in [0.717, 1.165) is 41.8 Å². The van der Waals surface area contributed by atoms with Crippen molar-refractivity contribution in [2.24, 2.45) is 0 Å². The van der Waals surface area contributed by atoms with Crippen LogP contribution in [0.3, 0.4) is 0 Å². The van der Waals surface area contributed by atoms with E-state index in [1.165, 1.54) is 0 Å². The fourth-order valence-corrected chi connectivity index (χ4v) is 4.08. The lowest BCUT2D eigenvalue weighted by Gasteiger charge is -2.36. The third-order valence-corrected chi connectivity index (χ3v) is 6.00. The number of aryl methyl sites for hydroxylation is 1. The van der Waals surface area contributed by atoms with Crippen molar-refractivity contribution in [3.63, 3.8) is 0 Å². The van der Waals surface area contributed by atoms with Gasteiger partial charge in [0.25, 0.3) is 5.91 Å². The molecule has 1 atom stereocenters. The van der Waals surface area contributed by atoms with Crippen LogP contribution in [-0.4, -0.2) is 53.7 Å². The first kappa shape index (κ1) is 21.8. The Bertz CT molecular complexity index is 1120. The molecule has 0 aliphatic carbocycles. The molecule has 1 saturated heterocycles. The van der Waals surface area contributed by atoms with Crippen molar-refractivity contribution in [1.82, 2.24) is 20.0 Å². The Labute approximate surface area is 188 Å². The summed E-state index contributed by atoms with van der Waals surface area (Å²) in [5.41, 5.74) is 3.96. The van der Waals surface area contributed by atoms with Gasteiger partial charge >= 0.3 is 0 Å². The molecule has 1 aliphatic heterocycles. The zero-order valence-electron chi connectivity index (χ0n) is 19.3. The van der Waals surface area contributed by atoms with E-state index in [1.54, 1.807) is 19.4 Å². The van der Waals surface area contributed by atoms with E-state index in [4.69, 9.17) is 14.2 Å². The number of rotatable bonds is 5. The van der Waals surface area contributed by atoms with E-state index >= 15 is 0 Å². The van der Waals surface area contributed by atoms with Gasteiger partial charge < -0.3 is 19.1 Å². The summed E-state index contributed by atoms with van der Waals surface area (Å²) in [7, 11) is 5.41. The van der Waals surface area contributed by atoms with E-state index in [-0.39, 0.29) is 11.9 Å². The van der Waals surface area contributed by atoms with Crippen LogP contribution in [0.25, 0.3) is 11.3 Å².